The molecule has 0 aliphatic carbocycles. The quantitative estimate of drug-likeness (QED) is 0.912. The van der Waals surface area contributed by atoms with E-state index in [1.54, 1.807) is 0 Å². The van der Waals surface area contributed by atoms with E-state index in [1.165, 1.54) is 16.7 Å². The summed E-state index contributed by atoms with van der Waals surface area (Å²) in [6, 6.07) is 10.8. The van der Waals surface area contributed by atoms with Crippen molar-refractivity contribution in [3.8, 4) is 0 Å². The lowest BCUT2D eigenvalue weighted by Gasteiger charge is -2.12. The normalized spacial score (nSPS) is 14.8. The largest absolute Gasteiger partial charge is 0.463 e. The van der Waals surface area contributed by atoms with Gasteiger partial charge in [-0.25, -0.2) is 0 Å². The summed E-state index contributed by atoms with van der Waals surface area (Å²) in [7, 11) is 1.94. The van der Waals surface area contributed by atoms with Crippen LogP contribution in [0.3, 0.4) is 0 Å². The van der Waals surface area contributed by atoms with Crippen molar-refractivity contribution in [2.45, 2.75) is 33.1 Å². The van der Waals surface area contributed by atoms with Gasteiger partial charge in [0.05, 0.1) is 13.1 Å². The van der Waals surface area contributed by atoms with Gasteiger partial charge in [0.25, 0.3) is 0 Å². The van der Waals surface area contributed by atoms with Crippen LogP contribution in [0.15, 0.2) is 34.7 Å². The van der Waals surface area contributed by atoms with Crippen LogP contribution >= 0.6 is 0 Å². The van der Waals surface area contributed by atoms with Crippen LogP contribution in [0.4, 0.5) is 0 Å². The van der Waals surface area contributed by atoms with E-state index < -0.39 is 0 Å². The molecule has 2 heterocycles. The van der Waals surface area contributed by atoms with Gasteiger partial charge >= 0.3 is 0 Å². The van der Waals surface area contributed by atoms with Gasteiger partial charge in [0.15, 0.2) is 0 Å². The first-order valence-electron chi connectivity index (χ1n) is 6.78. The molecule has 3 heteroatoms. The molecular formula is C16H20N2O. The van der Waals surface area contributed by atoms with Gasteiger partial charge in [0, 0.05) is 13.1 Å². The van der Waals surface area contributed by atoms with Crippen LogP contribution < -0.4 is 5.32 Å². The van der Waals surface area contributed by atoms with Crippen LogP contribution in [0.25, 0.3) is 0 Å². The molecule has 1 aliphatic heterocycles. The Morgan fingerprint density at radius 2 is 1.89 bits per heavy atom. The van der Waals surface area contributed by atoms with Gasteiger partial charge in [-0.3, -0.25) is 4.90 Å². The Balaban J connectivity index is 1.69. The number of fused-ring (bicyclic) bond motifs is 1. The summed E-state index contributed by atoms with van der Waals surface area (Å²) < 4.78 is 5.91. The monoisotopic (exact) mass is 256 g/mol. The van der Waals surface area contributed by atoms with E-state index in [-0.39, 0.29) is 0 Å². The van der Waals surface area contributed by atoms with Crippen LogP contribution in [0.5, 0.6) is 0 Å². The number of furan rings is 1. The SMILES string of the molecule is CNCc1oc(CN2Cc3ccccc3C2)cc1C. The minimum absolute atomic E-state index is 0.798. The van der Waals surface area contributed by atoms with Crippen molar-refractivity contribution in [2.75, 3.05) is 7.05 Å². The van der Waals surface area contributed by atoms with Gasteiger partial charge in [-0.05, 0) is 36.7 Å². The fraction of sp³-hybridized carbons (Fsp3) is 0.375. The highest BCUT2D eigenvalue weighted by atomic mass is 16.3. The van der Waals surface area contributed by atoms with Crippen molar-refractivity contribution in [1.29, 1.82) is 0 Å². The Labute approximate surface area is 114 Å². The summed E-state index contributed by atoms with van der Waals surface area (Å²) in [4.78, 5) is 2.42. The van der Waals surface area contributed by atoms with E-state index in [2.05, 4.69) is 47.5 Å². The van der Waals surface area contributed by atoms with Gasteiger partial charge < -0.3 is 9.73 Å². The molecule has 1 aromatic carbocycles. The predicted molar refractivity (Wildman–Crippen MR) is 75.6 cm³/mol. The smallest absolute Gasteiger partial charge is 0.120 e. The highest BCUT2D eigenvalue weighted by Crippen LogP contribution is 2.25. The number of hydrogen-bond acceptors (Lipinski definition) is 3. The fourth-order valence-corrected chi connectivity index (χ4v) is 2.74. The van der Waals surface area contributed by atoms with Gasteiger partial charge in [0.2, 0.25) is 0 Å². The number of rotatable bonds is 4. The molecule has 0 radical (unpaired) electrons. The van der Waals surface area contributed by atoms with Crippen LogP contribution in [-0.4, -0.2) is 11.9 Å². The molecule has 19 heavy (non-hydrogen) atoms. The van der Waals surface area contributed by atoms with Gasteiger partial charge in [-0.15, -0.1) is 0 Å². The lowest BCUT2D eigenvalue weighted by Crippen LogP contribution is -2.15. The Kier molecular flexibility index (Phi) is 3.40. The molecule has 3 rings (SSSR count). The van der Waals surface area contributed by atoms with Gasteiger partial charge in [-0.2, -0.15) is 0 Å². The maximum atomic E-state index is 5.91. The molecular weight excluding hydrogens is 236 g/mol. The van der Waals surface area contributed by atoms with Crippen LogP contribution in [0.2, 0.25) is 0 Å². The highest BCUT2D eigenvalue weighted by molar-refractivity contribution is 5.30. The number of benzene rings is 1. The number of nitrogens with zero attached hydrogens (tertiary/aromatic N) is 1. The summed E-state index contributed by atoms with van der Waals surface area (Å²) in [5, 5.41) is 3.14. The highest BCUT2D eigenvalue weighted by Gasteiger charge is 2.19. The van der Waals surface area contributed by atoms with E-state index in [0.29, 0.717) is 0 Å². The standard InChI is InChI=1S/C16H20N2O/c1-12-7-15(19-16(12)8-17-2)11-18-9-13-5-3-4-6-14(13)10-18/h3-7,17H,8-11H2,1-2H3. The van der Waals surface area contributed by atoms with Crippen LogP contribution in [0, 0.1) is 6.92 Å². The third kappa shape index (κ3) is 2.57. The number of aryl methyl sites for hydroxylation is 1. The zero-order chi connectivity index (χ0) is 13.2. The summed E-state index contributed by atoms with van der Waals surface area (Å²) >= 11 is 0. The molecule has 0 atom stereocenters. The summed E-state index contributed by atoms with van der Waals surface area (Å²) in [5.41, 5.74) is 4.13. The van der Waals surface area contributed by atoms with Crippen molar-refractivity contribution in [3.05, 3.63) is 58.5 Å². The summed E-state index contributed by atoms with van der Waals surface area (Å²) in [5.74, 6) is 2.12. The molecule has 0 saturated carbocycles. The third-order valence-corrected chi connectivity index (χ3v) is 3.69. The Bertz CT molecular complexity index is 549. The second kappa shape index (κ2) is 5.19. The molecule has 3 nitrogen and oxygen atoms in total. The third-order valence-electron chi connectivity index (χ3n) is 3.69. The summed E-state index contributed by atoms with van der Waals surface area (Å²) in [6.07, 6.45) is 0. The first-order valence-corrected chi connectivity index (χ1v) is 6.78. The number of nitrogens with one attached hydrogen (secondary N) is 1. The van der Waals surface area contributed by atoms with E-state index in [4.69, 9.17) is 4.42 Å². The average molecular weight is 256 g/mol. The molecule has 0 amide bonds. The molecule has 0 saturated heterocycles. The zero-order valence-corrected chi connectivity index (χ0v) is 11.6. The molecule has 1 aliphatic rings. The molecule has 0 spiro atoms. The topological polar surface area (TPSA) is 28.4 Å². The molecule has 1 aromatic heterocycles. The second-order valence-corrected chi connectivity index (χ2v) is 5.26. The van der Waals surface area contributed by atoms with Gasteiger partial charge in [0.1, 0.15) is 11.5 Å². The Morgan fingerprint density at radius 1 is 1.21 bits per heavy atom. The van der Waals surface area contributed by atoms with E-state index >= 15 is 0 Å². The zero-order valence-electron chi connectivity index (χ0n) is 11.6. The minimum atomic E-state index is 0.798. The maximum Gasteiger partial charge on any atom is 0.120 e. The van der Waals surface area contributed by atoms with E-state index in [9.17, 15) is 0 Å². The molecule has 0 fully saturated rings. The second-order valence-electron chi connectivity index (χ2n) is 5.26. The lowest BCUT2D eigenvalue weighted by molar-refractivity contribution is 0.247. The molecule has 1 N–H and O–H groups in total. The first-order chi connectivity index (χ1) is 9.26. The molecule has 2 aromatic rings. The molecule has 100 valence electrons. The van der Waals surface area contributed by atoms with E-state index in [1.807, 2.05) is 7.05 Å². The van der Waals surface area contributed by atoms with Crippen molar-refractivity contribution >= 4 is 0 Å². The van der Waals surface area contributed by atoms with Crippen molar-refractivity contribution in [1.82, 2.24) is 10.2 Å². The van der Waals surface area contributed by atoms with Gasteiger partial charge in [-0.1, -0.05) is 24.3 Å². The predicted octanol–water partition coefficient (Wildman–Crippen LogP) is 2.82. The van der Waals surface area contributed by atoms with Crippen LogP contribution in [-0.2, 0) is 26.2 Å². The fourth-order valence-electron chi connectivity index (χ4n) is 2.74. The Hall–Kier alpha value is -1.58. The number of hydrogen-bond donors (Lipinski definition) is 1. The summed E-state index contributed by atoms with van der Waals surface area (Å²) in [6.45, 7) is 5.85. The van der Waals surface area contributed by atoms with Crippen molar-refractivity contribution in [2.24, 2.45) is 0 Å². The van der Waals surface area contributed by atoms with E-state index in [0.717, 1.165) is 37.7 Å². The van der Waals surface area contributed by atoms with Crippen molar-refractivity contribution < 1.29 is 4.42 Å². The molecule has 0 unspecified atom stereocenters. The maximum absolute atomic E-state index is 5.91. The molecule has 0 bridgehead atoms. The van der Waals surface area contributed by atoms with Crippen molar-refractivity contribution in [3.63, 3.8) is 0 Å². The lowest BCUT2D eigenvalue weighted by atomic mass is 10.1. The van der Waals surface area contributed by atoms with Crippen LogP contribution in [0.1, 0.15) is 28.2 Å². The Morgan fingerprint density at radius 3 is 2.53 bits per heavy atom. The average Bonchev–Trinajstić information content (AvgIpc) is 2.94. The minimum Gasteiger partial charge on any atom is -0.463 e. The first kappa shape index (κ1) is 12.5.